The number of nitrogens with zero attached hydrogens (tertiary/aromatic N) is 2. The maximum absolute atomic E-state index is 8.96. The van der Waals surface area contributed by atoms with Crippen LogP contribution in [-0.4, -0.2) is 21.8 Å². The first-order chi connectivity index (χ1) is 6.83. The van der Waals surface area contributed by atoms with E-state index in [2.05, 4.69) is 10.3 Å². The van der Waals surface area contributed by atoms with E-state index < -0.39 is 0 Å². The summed E-state index contributed by atoms with van der Waals surface area (Å²) in [6.45, 7) is 0. The Labute approximate surface area is 82.3 Å². The maximum Gasteiger partial charge on any atom is 0.0690 e. The van der Waals surface area contributed by atoms with E-state index in [1.165, 1.54) is 12.8 Å². The third-order valence-corrected chi connectivity index (χ3v) is 4.16. The predicted molar refractivity (Wildman–Crippen MR) is 50.9 cm³/mol. The zero-order valence-electron chi connectivity index (χ0n) is 7.93. The lowest BCUT2D eigenvalue weighted by Gasteiger charge is -2.49. The van der Waals surface area contributed by atoms with Crippen LogP contribution in [0.3, 0.4) is 0 Å². The molecule has 0 radical (unpaired) electrons. The minimum Gasteiger partial charge on any atom is -0.411 e. The molecule has 4 aliphatic rings. The first-order valence-corrected chi connectivity index (χ1v) is 5.27. The SMILES string of the molecule is O/N=C1/C2CC3CC(C2)/C(=N\O)C1C3. The van der Waals surface area contributed by atoms with E-state index in [0.717, 1.165) is 30.2 Å². The van der Waals surface area contributed by atoms with Crippen LogP contribution in [0.15, 0.2) is 10.3 Å². The van der Waals surface area contributed by atoms with Gasteiger partial charge in [0.25, 0.3) is 0 Å². The van der Waals surface area contributed by atoms with E-state index in [9.17, 15) is 0 Å². The third-order valence-electron chi connectivity index (χ3n) is 4.16. The quantitative estimate of drug-likeness (QED) is 0.455. The standard InChI is InChI=1S/C10H14N2O2/c13-11-9-6-1-5-2-7(4-6)10(12-14)8(9)3-5/h5-8,13-14H,1-4H2/b11-9-,12-10+. The first-order valence-electron chi connectivity index (χ1n) is 5.27. The molecule has 76 valence electrons. The Kier molecular flexibility index (Phi) is 1.60. The summed E-state index contributed by atoms with van der Waals surface area (Å²) in [6.07, 6.45) is 4.38. The van der Waals surface area contributed by atoms with Crippen LogP contribution in [0, 0.1) is 23.7 Å². The lowest BCUT2D eigenvalue weighted by molar-refractivity contribution is 0.181. The van der Waals surface area contributed by atoms with Gasteiger partial charge in [-0.3, -0.25) is 0 Å². The Morgan fingerprint density at radius 3 is 1.93 bits per heavy atom. The topological polar surface area (TPSA) is 65.2 Å². The van der Waals surface area contributed by atoms with Crippen molar-refractivity contribution in [1.29, 1.82) is 0 Å². The Balaban J connectivity index is 2.03. The summed E-state index contributed by atoms with van der Waals surface area (Å²) in [5.74, 6) is 1.81. The van der Waals surface area contributed by atoms with E-state index in [0.29, 0.717) is 11.8 Å². The highest BCUT2D eigenvalue weighted by Crippen LogP contribution is 2.50. The van der Waals surface area contributed by atoms with Gasteiger partial charge in [-0.1, -0.05) is 10.3 Å². The minimum absolute atomic E-state index is 0.140. The minimum atomic E-state index is 0.140. The Bertz CT molecular complexity index is 296. The summed E-state index contributed by atoms with van der Waals surface area (Å²) in [5.41, 5.74) is 1.73. The van der Waals surface area contributed by atoms with Crippen molar-refractivity contribution in [2.75, 3.05) is 0 Å². The molecule has 4 heteroatoms. The second kappa shape index (κ2) is 2.72. The molecular weight excluding hydrogens is 180 g/mol. The molecule has 4 fully saturated rings. The zero-order chi connectivity index (χ0) is 9.71. The van der Waals surface area contributed by atoms with Gasteiger partial charge < -0.3 is 10.4 Å². The van der Waals surface area contributed by atoms with E-state index in [1.54, 1.807) is 0 Å². The molecule has 0 aromatic heterocycles. The molecule has 0 amide bonds. The fourth-order valence-corrected chi connectivity index (χ4v) is 3.71. The van der Waals surface area contributed by atoms with Gasteiger partial charge in [0.1, 0.15) is 0 Å². The molecule has 0 aliphatic heterocycles. The van der Waals surface area contributed by atoms with Gasteiger partial charge in [-0.2, -0.15) is 0 Å². The van der Waals surface area contributed by atoms with Crippen molar-refractivity contribution in [3.8, 4) is 0 Å². The summed E-state index contributed by atoms with van der Waals surface area (Å²) in [5, 5.41) is 24.7. The van der Waals surface area contributed by atoms with E-state index in [-0.39, 0.29) is 5.92 Å². The molecule has 4 unspecified atom stereocenters. The van der Waals surface area contributed by atoms with Gasteiger partial charge in [0, 0.05) is 17.8 Å². The van der Waals surface area contributed by atoms with Gasteiger partial charge >= 0.3 is 0 Å². The van der Waals surface area contributed by atoms with Crippen molar-refractivity contribution >= 4 is 11.4 Å². The molecule has 4 atom stereocenters. The normalized spacial score (nSPS) is 50.6. The van der Waals surface area contributed by atoms with Gasteiger partial charge in [-0.25, -0.2) is 0 Å². The maximum atomic E-state index is 8.96. The molecule has 4 nitrogen and oxygen atoms in total. The van der Waals surface area contributed by atoms with Crippen molar-refractivity contribution in [3.05, 3.63) is 0 Å². The third kappa shape index (κ3) is 0.885. The summed E-state index contributed by atoms with van der Waals surface area (Å²) in [7, 11) is 0. The fourth-order valence-electron chi connectivity index (χ4n) is 3.71. The summed E-state index contributed by atoms with van der Waals surface area (Å²) < 4.78 is 0. The van der Waals surface area contributed by atoms with Gasteiger partial charge in [0.15, 0.2) is 0 Å². The number of rotatable bonds is 0. The predicted octanol–water partition coefficient (Wildman–Crippen LogP) is 1.71. The van der Waals surface area contributed by atoms with Gasteiger partial charge in [0.05, 0.1) is 11.4 Å². The van der Waals surface area contributed by atoms with Crippen LogP contribution in [0.5, 0.6) is 0 Å². The second-order valence-corrected chi connectivity index (χ2v) is 4.80. The largest absolute Gasteiger partial charge is 0.411 e. The molecule has 4 aliphatic carbocycles. The Hall–Kier alpha value is -1.06. The first kappa shape index (κ1) is 8.26. The molecule has 0 saturated heterocycles. The number of hydrogen-bond acceptors (Lipinski definition) is 4. The van der Waals surface area contributed by atoms with Crippen LogP contribution in [0.4, 0.5) is 0 Å². The molecule has 4 rings (SSSR count). The van der Waals surface area contributed by atoms with Crippen LogP contribution in [0.25, 0.3) is 0 Å². The highest BCUT2D eigenvalue weighted by Gasteiger charge is 2.50. The Morgan fingerprint density at radius 2 is 1.43 bits per heavy atom. The second-order valence-electron chi connectivity index (χ2n) is 4.80. The summed E-state index contributed by atoms with van der Waals surface area (Å²) in [6, 6.07) is 0. The molecule has 0 aromatic rings. The molecule has 0 spiro atoms. The highest BCUT2D eigenvalue weighted by molar-refractivity contribution is 6.12. The van der Waals surface area contributed by atoms with Crippen molar-refractivity contribution in [2.24, 2.45) is 34.0 Å². The highest BCUT2D eigenvalue weighted by atomic mass is 16.4. The van der Waals surface area contributed by atoms with Crippen molar-refractivity contribution in [1.82, 2.24) is 0 Å². The fraction of sp³-hybridized carbons (Fsp3) is 0.800. The molecule has 14 heavy (non-hydrogen) atoms. The number of hydrogen-bond donors (Lipinski definition) is 2. The Morgan fingerprint density at radius 1 is 0.857 bits per heavy atom. The molecule has 4 saturated carbocycles. The number of oxime groups is 2. The van der Waals surface area contributed by atoms with Crippen molar-refractivity contribution in [2.45, 2.75) is 25.7 Å². The monoisotopic (exact) mass is 194 g/mol. The average Bonchev–Trinajstić information content (AvgIpc) is 2.17. The summed E-state index contributed by atoms with van der Waals surface area (Å²) in [4.78, 5) is 0. The molecule has 4 bridgehead atoms. The summed E-state index contributed by atoms with van der Waals surface area (Å²) >= 11 is 0. The van der Waals surface area contributed by atoms with Gasteiger partial charge in [-0.15, -0.1) is 0 Å². The average molecular weight is 194 g/mol. The van der Waals surface area contributed by atoms with Crippen LogP contribution >= 0.6 is 0 Å². The smallest absolute Gasteiger partial charge is 0.0690 e. The van der Waals surface area contributed by atoms with Gasteiger partial charge in [0.2, 0.25) is 0 Å². The van der Waals surface area contributed by atoms with E-state index >= 15 is 0 Å². The van der Waals surface area contributed by atoms with Crippen molar-refractivity contribution in [3.63, 3.8) is 0 Å². The van der Waals surface area contributed by atoms with Gasteiger partial charge in [-0.05, 0) is 31.6 Å². The van der Waals surface area contributed by atoms with Crippen LogP contribution in [0.2, 0.25) is 0 Å². The molecule has 0 aromatic carbocycles. The van der Waals surface area contributed by atoms with Crippen molar-refractivity contribution < 1.29 is 10.4 Å². The van der Waals surface area contributed by atoms with E-state index in [1.807, 2.05) is 0 Å². The van der Waals surface area contributed by atoms with Crippen LogP contribution in [0.1, 0.15) is 25.7 Å². The zero-order valence-corrected chi connectivity index (χ0v) is 7.93. The molecule has 2 N–H and O–H groups in total. The lowest BCUT2D eigenvalue weighted by Crippen LogP contribution is -2.51. The lowest BCUT2D eigenvalue weighted by atomic mass is 9.54. The van der Waals surface area contributed by atoms with Crippen LogP contribution in [-0.2, 0) is 0 Å². The molecule has 0 heterocycles. The van der Waals surface area contributed by atoms with E-state index in [4.69, 9.17) is 10.4 Å². The molecular formula is C10H14N2O2. The van der Waals surface area contributed by atoms with Crippen LogP contribution < -0.4 is 0 Å².